The average molecular weight is 164 g/mol. The summed E-state index contributed by atoms with van der Waals surface area (Å²) in [7, 11) is -4.16. The Bertz CT molecular complexity index is 228. The molecule has 2 N–H and O–H groups in total. The Balaban J connectivity index is 3.90. The Hall–Kier alpha value is -0.840. The first kappa shape index (κ1) is 9.16. The van der Waals surface area contributed by atoms with E-state index in [9.17, 15) is 8.42 Å². The molecule has 0 aliphatic heterocycles. The van der Waals surface area contributed by atoms with Gasteiger partial charge in [0, 0.05) is 0 Å². The molecule has 10 heavy (non-hydrogen) atoms. The molecular formula is C3H6N3O3S. The Morgan fingerprint density at radius 1 is 1.80 bits per heavy atom. The summed E-state index contributed by atoms with van der Waals surface area (Å²) in [5.41, 5.74) is 4.81. The molecule has 0 spiro atoms. The summed E-state index contributed by atoms with van der Waals surface area (Å²) >= 11 is 0. The summed E-state index contributed by atoms with van der Waals surface area (Å²) in [5.74, 6) is 0. The second-order valence-electron chi connectivity index (χ2n) is 1.47. The van der Waals surface area contributed by atoms with Crippen LogP contribution < -0.4 is 10.9 Å². The third kappa shape index (κ3) is 3.24. The van der Waals surface area contributed by atoms with Gasteiger partial charge in [0.1, 0.15) is 0 Å². The van der Waals surface area contributed by atoms with Gasteiger partial charge in [-0.25, -0.2) is 5.43 Å². The van der Waals surface area contributed by atoms with Crippen LogP contribution in [0.4, 0.5) is 0 Å². The first-order valence-electron chi connectivity index (χ1n) is 2.28. The van der Waals surface area contributed by atoms with Crippen LogP contribution in [0.25, 0.3) is 0 Å². The van der Waals surface area contributed by atoms with Crippen LogP contribution in [0.1, 0.15) is 6.92 Å². The maximum Gasteiger partial charge on any atom is 0.284 e. The van der Waals surface area contributed by atoms with Crippen molar-refractivity contribution < 1.29 is 13.0 Å². The molecule has 0 aromatic rings. The lowest BCUT2D eigenvalue weighted by Gasteiger charge is -2.03. The van der Waals surface area contributed by atoms with Crippen LogP contribution in [0.5, 0.6) is 0 Å². The summed E-state index contributed by atoms with van der Waals surface area (Å²) in [4.78, 5) is 0. The highest BCUT2D eigenvalue weighted by Crippen LogP contribution is 1.90. The highest BCUT2D eigenvalue weighted by atomic mass is 32.2. The van der Waals surface area contributed by atoms with E-state index in [-0.39, 0.29) is 0 Å². The van der Waals surface area contributed by atoms with Crippen LogP contribution in [0.3, 0.4) is 0 Å². The van der Waals surface area contributed by atoms with E-state index >= 15 is 0 Å². The fourth-order valence-corrected chi connectivity index (χ4v) is 0.372. The SMILES string of the molecule is CC([N]NC#N)S(=O)(=O)O. The second kappa shape index (κ2) is 3.36. The van der Waals surface area contributed by atoms with Crippen molar-refractivity contribution in [2.75, 3.05) is 0 Å². The fourth-order valence-electron chi connectivity index (χ4n) is 0.186. The molecule has 0 saturated heterocycles. The Morgan fingerprint density at radius 2 is 2.30 bits per heavy atom. The molecule has 57 valence electrons. The van der Waals surface area contributed by atoms with E-state index < -0.39 is 15.5 Å². The molecule has 0 aliphatic rings. The van der Waals surface area contributed by atoms with Crippen LogP contribution in [-0.4, -0.2) is 18.3 Å². The van der Waals surface area contributed by atoms with Crippen LogP contribution >= 0.6 is 0 Å². The monoisotopic (exact) mass is 164 g/mol. The van der Waals surface area contributed by atoms with Crippen molar-refractivity contribution in [3.63, 3.8) is 0 Å². The molecule has 1 unspecified atom stereocenters. The van der Waals surface area contributed by atoms with E-state index in [1.54, 1.807) is 5.43 Å². The maximum atomic E-state index is 10.1. The minimum Gasteiger partial charge on any atom is -0.284 e. The van der Waals surface area contributed by atoms with Crippen molar-refractivity contribution in [3.8, 4) is 6.19 Å². The smallest absolute Gasteiger partial charge is 0.284 e. The largest absolute Gasteiger partial charge is 0.284 e. The molecule has 0 bridgehead atoms. The summed E-state index contributed by atoms with van der Waals surface area (Å²) in [6.45, 7) is 1.14. The Morgan fingerprint density at radius 3 is 2.60 bits per heavy atom. The van der Waals surface area contributed by atoms with Gasteiger partial charge in [0.15, 0.2) is 11.6 Å². The zero-order valence-corrected chi connectivity index (χ0v) is 5.96. The average Bonchev–Trinajstić information content (AvgIpc) is 1.80. The fraction of sp³-hybridized carbons (Fsp3) is 0.667. The van der Waals surface area contributed by atoms with Gasteiger partial charge >= 0.3 is 0 Å². The number of rotatable bonds is 3. The van der Waals surface area contributed by atoms with Crippen molar-refractivity contribution >= 4 is 10.1 Å². The van der Waals surface area contributed by atoms with E-state index in [0.29, 0.717) is 0 Å². The van der Waals surface area contributed by atoms with Gasteiger partial charge in [0.05, 0.1) is 0 Å². The van der Waals surface area contributed by atoms with Crippen molar-refractivity contribution in [3.05, 3.63) is 0 Å². The van der Waals surface area contributed by atoms with Gasteiger partial charge in [0.2, 0.25) is 0 Å². The Kier molecular flexibility index (Phi) is 3.08. The second-order valence-corrected chi connectivity index (χ2v) is 3.18. The number of nitriles is 1. The molecule has 0 aromatic heterocycles. The van der Waals surface area contributed by atoms with Crippen molar-refractivity contribution in [1.82, 2.24) is 10.9 Å². The predicted molar refractivity (Wildman–Crippen MR) is 31.9 cm³/mol. The lowest BCUT2D eigenvalue weighted by molar-refractivity contribution is 0.446. The molecule has 0 amide bonds. The number of hydrogen-bond acceptors (Lipinski definition) is 4. The summed E-state index contributed by atoms with van der Waals surface area (Å²) in [6.07, 6.45) is 1.38. The predicted octanol–water partition coefficient (Wildman–Crippen LogP) is -1.19. The standard InChI is InChI=1S/C3H6N3O3S/c1-3(6-5-2-4)10(7,8)9/h3,5H,1H3,(H,7,8,9). The van der Waals surface area contributed by atoms with Gasteiger partial charge in [-0.15, -0.1) is 5.43 Å². The van der Waals surface area contributed by atoms with Gasteiger partial charge in [-0.3, -0.25) is 4.55 Å². The minimum absolute atomic E-state index is 1.14. The molecule has 1 radical (unpaired) electrons. The van der Waals surface area contributed by atoms with E-state index in [4.69, 9.17) is 9.81 Å². The van der Waals surface area contributed by atoms with Gasteiger partial charge in [0.25, 0.3) is 10.1 Å². The lowest BCUT2D eigenvalue weighted by atomic mass is 10.8. The van der Waals surface area contributed by atoms with Gasteiger partial charge in [-0.05, 0) is 6.92 Å². The number of nitrogens with one attached hydrogen (secondary N) is 1. The zero-order valence-electron chi connectivity index (χ0n) is 5.14. The first-order valence-corrected chi connectivity index (χ1v) is 3.79. The van der Waals surface area contributed by atoms with Gasteiger partial charge in [-0.2, -0.15) is 13.7 Å². The van der Waals surface area contributed by atoms with Crippen LogP contribution in [0.2, 0.25) is 0 Å². The molecule has 0 fully saturated rings. The molecule has 7 heteroatoms. The first-order chi connectivity index (χ1) is 4.48. The van der Waals surface area contributed by atoms with E-state index in [1.165, 1.54) is 6.19 Å². The van der Waals surface area contributed by atoms with Gasteiger partial charge < -0.3 is 0 Å². The van der Waals surface area contributed by atoms with Crippen LogP contribution in [-0.2, 0) is 10.1 Å². The molecule has 0 aliphatic carbocycles. The molecule has 0 rings (SSSR count). The summed E-state index contributed by atoms with van der Waals surface area (Å²) < 4.78 is 28.5. The molecule has 0 aromatic carbocycles. The highest BCUT2D eigenvalue weighted by Gasteiger charge is 2.17. The van der Waals surface area contributed by atoms with Crippen LogP contribution in [0, 0.1) is 11.5 Å². The Labute approximate surface area is 58.6 Å². The zero-order chi connectivity index (χ0) is 8.20. The third-order valence-corrected chi connectivity index (χ3v) is 1.69. The summed E-state index contributed by atoms with van der Waals surface area (Å²) in [5, 5.41) is 6.54. The highest BCUT2D eigenvalue weighted by molar-refractivity contribution is 7.86. The molecule has 0 saturated carbocycles. The van der Waals surface area contributed by atoms with E-state index in [0.717, 1.165) is 6.92 Å². The van der Waals surface area contributed by atoms with Crippen molar-refractivity contribution in [1.29, 1.82) is 5.26 Å². The molecule has 6 nitrogen and oxygen atoms in total. The van der Waals surface area contributed by atoms with E-state index in [1.807, 2.05) is 0 Å². The van der Waals surface area contributed by atoms with E-state index in [2.05, 4.69) is 5.43 Å². The summed E-state index contributed by atoms with van der Waals surface area (Å²) in [6, 6.07) is 0. The van der Waals surface area contributed by atoms with Crippen molar-refractivity contribution in [2.45, 2.75) is 12.3 Å². The maximum absolute atomic E-state index is 10.1. The number of nitrogens with zero attached hydrogens (tertiary/aromatic N) is 2. The lowest BCUT2D eigenvalue weighted by Crippen LogP contribution is -2.34. The molecule has 1 atom stereocenters. The third-order valence-electron chi connectivity index (χ3n) is 0.727. The normalized spacial score (nSPS) is 13.7. The van der Waals surface area contributed by atoms with Gasteiger partial charge in [-0.1, -0.05) is 0 Å². The van der Waals surface area contributed by atoms with Crippen LogP contribution in [0.15, 0.2) is 0 Å². The quantitative estimate of drug-likeness (QED) is 0.236. The van der Waals surface area contributed by atoms with Crippen molar-refractivity contribution in [2.24, 2.45) is 0 Å². The number of hydrogen-bond donors (Lipinski definition) is 2. The molecule has 0 heterocycles. The minimum atomic E-state index is -4.16. The molecular weight excluding hydrogens is 158 g/mol. The topological polar surface area (TPSA) is 104 Å².